The third-order valence-corrected chi connectivity index (χ3v) is 3.87. The average molecular weight is 314 g/mol. The standard InChI is InChI=1S/C16H18N4O3/c1-20-9-12(10-20)23-15-8-17-7-14(19-15)11-2-3-18-13(6-11)16-21-4-5-22-16/h2-3,6-8,12,16H,4-5,9-10H2,1H3. The minimum Gasteiger partial charge on any atom is -0.471 e. The molecule has 2 aliphatic heterocycles. The van der Waals surface area contributed by atoms with Crippen molar-refractivity contribution in [2.24, 2.45) is 0 Å². The van der Waals surface area contributed by atoms with E-state index < -0.39 is 6.29 Å². The summed E-state index contributed by atoms with van der Waals surface area (Å²) in [5, 5.41) is 0. The maximum absolute atomic E-state index is 5.83. The van der Waals surface area contributed by atoms with Gasteiger partial charge in [-0.25, -0.2) is 4.98 Å². The number of hydrogen-bond donors (Lipinski definition) is 0. The molecule has 4 heterocycles. The van der Waals surface area contributed by atoms with Crippen molar-refractivity contribution in [2.45, 2.75) is 12.4 Å². The second-order valence-electron chi connectivity index (χ2n) is 5.75. The lowest BCUT2D eigenvalue weighted by Gasteiger charge is -2.35. The fourth-order valence-corrected chi connectivity index (χ4v) is 2.70. The highest BCUT2D eigenvalue weighted by atomic mass is 16.7. The number of ether oxygens (including phenoxy) is 3. The fourth-order valence-electron chi connectivity index (χ4n) is 2.70. The van der Waals surface area contributed by atoms with Crippen LogP contribution >= 0.6 is 0 Å². The molecule has 0 amide bonds. The smallest absolute Gasteiger partial charge is 0.233 e. The van der Waals surface area contributed by atoms with Crippen LogP contribution in [-0.2, 0) is 9.47 Å². The highest BCUT2D eigenvalue weighted by Crippen LogP contribution is 2.26. The molecule has 0 aliphatic carbocycles. The van der Waals surface area contributed by atoms with E-state index in [0.29, 0.717) is 19.1 Å². The van der Waals surface area contributed by atoms with E-state index in [1.807, 2.05) is 12.1 Å². The molecule has 120 valence electrons. The molecule has 2 aromatic rings. The van der Waals surface area contributed by atoms with E-state index in [1.54, 1.807) is 18.6 Å². The van der Waals surface area contributed by atoms with Gasteiger partial charge in [0, 0.05) is 24.8 Å². The Bertz CT molecular complexity index is 685. The molecule has 0 radical (unpaired) electrons. The van der Waals surface area contributed by atoms with Gasteiger partial charge in [0.05, 0.1) is 37.0 Å². The summed E-state index contributed by atoms with van der Waals surface area (Å²) in [6.07, 6.45) is 4.89. The van der Waals surface area contributed by atoms with Gasteiger partial charge in [0.15, 0.2) is 0 Å². The van der Waals surface area contributed by atoms with Crippen LogP contribution in [0.25, 0.3) is 11.3 Å². The van der Waals surface area contributed by atoms with Gasteiger partial charge in [-0.3, -0.25) is 14.9 Å². The molecule has 0 bridgehead atoms. The summed E-state index contributed by atoms with van der Waals surface area (Å²) in [7, 11) is 2.06. The van der Waals surface area contributed by atoms with Gasteiger partial charge in [0.2, 0.25) is 12.2 Å². The maximum Gasteiger partial charge on any atom is 0.233 e. The molecule has 0 aromatic carbocycles. The molecule has 4 rings (SSSR count). The molecule has 2 fully saturated rings. The largest absolute Gasteiger partial charge is 0.471 e. The Hall–Kier alpha value is -2.09. The van der Waals surface area contributed by atoms with Crippen molar-refractivity contribution in [3.05, 3.63) is 36.4 Å². The summed E-state index contributed by atoms with van der Waals surface area (Å²) in [4.78, 5) is 15.3. The number of rotatable bonds is 4. The first kappa shape index (κ1) is 14.5. The van der Waals surface area contributed by atoms with Crippen molar-refractivity contribution in [3.8, 4) is 17.1 Å². The zero-order valence-corrected chi connectivity index (χ0v) is 12.9. The van der Waals surface area contributed by atoms with Gasteiger partial charge in [0.1, 0.15) is 6.10 Å². The zero-order valence-electron chi connectivity index (χ0n) is 12.9. The summed E-state index contributed by atoms with van der Waals surface area (Å²) in [6, 6.07) is 3.81. The molecule has 7 nitrogen and oxygen atoms in total. The first-order valence-electron chi connectivity index (χ1n) is 7.65. The normalized spacial score (nSPS) is 19.7. The Kier molecular flexibility index (Phi) is 3.90. The summed E-state index contributed by atoms with van der Waals surface area (Å²) >= 11 is 0. The first-order valence-corrected chi connectivity index (χ1v) is 7.65. The Morgan fingerprint density at radius 1 is 1.22 bits per heavy atom. The van der Waals surface area contributed by atoms with Crippen molar-refractivity contribution in [2.75, 3.05) is 33.4 Å². The minimum absolute atomic E-state index is 0.192. The first-order chi connectivity index (χ1) is 11.3. The summed E-state index contributed by atoms with van der Waals surface area (Å²) in [5.74, 6) is 0.548. The molecule has 2 aromatic heterocycles. The van der Waals surface area contributed by atoms with Crippen LogP contribution in [0, 0.1) is 0 Å². The second-order valence-corrected chi connectivity index (χ2v) is 5.75. The van der Waals surface area contributed by atoms with Gasteiger partial charge in [-0.05, 0) is 19.2 Å². The number of nitrogens with zero attached hydrogens (tertiary/aromatic N) is 4. The van der Waals surface area contributed by atoms with Crippen LogP contribution in [0.15, 0.2) is 30.7 Å². The summed E-state index contributed by atoms with van der Waals surface area (Å²) in [5.41, 5.74) is 2.41. The number of pyridine rings is 1. The lowest BCUT2D eigenvalue weighted by Crippen LogP contribution is -2.51. The average Bonchev–Trinajstić information content (AvgIpc) is 3.08. The Morgan fingerprint density at radius 3 is 2.83 bits per heavy atom. The highest BCUT2D eigenvalue weighted by Gasteiger charge is 2.25. The molecule has 7 heteroatoms. The molecule has 0 saturated carbocycles. The third kappa shape index (κ3) is 3.17. The van der Waals surface area contributed by atoms with Gasteiger partial charge >= 0.3 is 0 Å². The SMILES string of the molecule is CN1CC(Oc2cncc(-c3ccnc(C4OCCO4)c3)n2)C1. The highest BCUT2D eigenvalue weighted by molar-refractivity contribution is 5.58. The molecule has 23 heavy (non-hydrogen) atoms. The molecule has 0 N–H and O–H groups in total. The lowest BCUT2D eigenvalue weighted by atomic mass is 10.1. The van der Waals surface area contributed by atoms with Gasteiger partial charge in [-0.1, -0.05) is 0 Å². The molecule has 2 aliphatic rings. The fraction of sp³-hybridized carbons (Fsp3) is 0.438. The van der Waals surface area contributed by atoms with Crippen molar-refractivity contribution in [3.63, 3.8) is 0 Å². The molecule has 0 unspecified atom stereocenters. The number of aromatic nitrogens is 3. The second kappa shape index (κ2) is 6.19. The predicted molar refractivity (Wildman–Crippen MR) is 81.8 cm³/mol. The van der Waals surface area contributed by atoms with E-state index in [2.05, 4.69) is 26.9 Å². The summed E-state index contributed by atoms with van der Waals surface area (Å²) < 4.78 is 16.8. The summed E-state index contributed by atoms with van der Waals surface area (Å²) in [6.45, 7) is 3.02. The quantitative estimate of drug-likeness (QED) is 0.842. The van der Waals surface area contributed by atoms with E-state index in [9.17, 15) is 0 Å². The maximum atomic E-state index is 5.83. The number of likely N-dealkylation sites (N-methyl/N-ethyl adjacent to an activating group) is 1. The predicted octanol–water partition coefficient (Wildman–Crippen LogP) is 1.28. The third-order valence-electron chi connectivity index (χ3n) is 3.87. The van der Waals surface area contributed by atoms with Crippen LogP contribution in [0.1, 0.15) is 12.0 Å². The molecular formula is C16H18N4O3. The molecule has 2 saturated heterocycles. The van der Waals surface area contributed by atoms with Crippen LogP contribution in [-0.4, -0.2) is 59.3 Å². The number of hydrogen-bond acceptors (Lipinski definition) is 7. The Balaban J connectivity index is 1.54. The monoisotopic (exact) mass is 314 g/mol. The Morgan fingerprint density at radius 2 is 2.04 bits per heavy atom. The van der Waals surface area contributed by atoms with Crippen molar-refractivity contribution >= 4 is 0 Å². The van der Waals surface area contributed by atoms with Gasteiger partial charge < -0.3 is 14.2 Å². The van der Waals surface area contributed by atoms with Crippen LogP contribution in [0.2, 0.25) is 0 Å². The van der Waals surface area contributed by atoms with E-state index >= 15 is 0 Å². The van der Waals surface area contributed by atoms with E-state index in [1.165, 1.54) is 0 Å². The molecular weight excluding hydrogens is 296 g/mol. The van der Waals surface area contributed by atoms with Crippen molar-refractivity contribution in [1.82, 2.24) is 19.9 Å². The van der Waals surface area contributed by atoms with Gasteiger partial charge in [0.25, 0.3) is 0 Å². The minimum atomic E-state index is -0.396. The van der Waals surface area contributed by atoms with E-state index in [4.69, 9.17) is 14.2 Å². The van der Waals surface area contributed by atoms with Crippen molar-refractivity contribution < 1.29 is 14.2 Å². The number of likely N-dealkylation sites (tertiary alicyclic amines) is 1. The van der Waals surface area contributed by atoms with Crippen LogP contribution < -0.4 is 4.74 Å². The van der Waals surface area contributed by atoms with Crippen LogP contribution in [0.3, 0.4) is 0 Å². The van der Waals surface area contributed by atoms with Crippen LogP contribution in [0.5, 0.6) is 5.88 Å². The van der Waals surface area contributed by atoms with E-state index in [-0.39, 0.29) is 6.10 Å². The topological polar surface area (TPSA) is 69.6 Å². The zero-order chi connectivity index (χ0) is 15.6. The molecule has 0 atom stereocenters. The lowest BCUT2D eigenvalue weighted by molar-refractivity contribution is -0.0472. The van der Waals surface area contributed by atoms with Gasteiger partial charge in [-0.2, -0.15) is 0 Å². The Labute approximate surface area is 134 Å². The van der Waals surface area contributed by atoms with Crippen molar-refractivity contribution in [1.29, 1.82) is 0 Å². The van der Waals surface area contributed by atoms with Gasteiger partial charge in [-0.15, -0.1) is 0 Å². The molecule has 0 spiro atoms. The van der Waals surface area contributed by atoms with E-state index in [0.717, 1.165) is 30.0 Å². The van der Waals surface area contributed by atoms with Crippen LogP contribution in [0.4, 0.5) is 0 Å².